The molecule has 0 amide bonds. The molecule has 2 aromatic rings. The molecule has 1 aliphatic heterocycles. The molecule has 1 aliphatic rings. The number of carboxylic acid groups (broad SMARTS) is 1. The molecular formula is C14H16N2O4. The highest BCUT2D eigenvalue weighted by molar-refractivity contribution is 6.00. The van der Waals surface area contributed by atoms with E-state index in [4.69, 9.17) is 9.15 Å². The summed E-state index contributed by atoms with van der Waals surface area (Å²) in [6.07, 6.45) is 0.921. The van der Waals surface area contributed by atoms with Crippen LogP contribution in [0, 0.1) is 0 Å². The highest BCUT2D eigenvalue weighted by Gasteiger charge is 2.26. The Morgan fingerprint density at radius 1 is 1.55 bits per heavy atom. The SMILES string of the molecule is CC[C@@H]1COCCN1c1nc2c(C(=O)O)cccc2o1. The van der Waals surface area contributed by atoms with E-state index in [2.05, 4.69) is 16.8 Å². The van der Waals surface area contributed by atoms with E-state index in [1.165, 1.54) is 6.07 Å². The van der Waals surface area contributed by atoms with Crippen molar-refractivity contribution in [2.24, 2.45) is 0 Å². The molecule has 1 N–H and O–H groups in total. The van der Waals surface area contributed by atoms with Gasteiger partial charge in [-0.1, -0.05) is 13.0 Å². The summed E-state index contributed by atoms with van der Waals surface area (Å²) >= 11 is 0. The molecule has 6 heteroatoms. The van der Waals surface area contributed by atoms with Gasteiger partial charge < -0.3 is 19.2 Å². The first-order valence-electron chi connectivity index (χ1n) is 6.68. The van der Waals surface area contributed by atoms with E-state index in [1.54, 1.807) is 12.1 Å². The Hall–Kier alpha value is -2.08. The maximum absolute atomic E-state index is 11.2. The number of ether oxygens (including phenoxy) is 1. The molecule has 20 heavy (non-hydrogen) atoms. The van der Waals surface area contributed by atoms with Crippen LogP contribution in [0.4, 0.5) is 6.01 Å². The number of hydrogen-bond acceptors (Lipinski definition) is 5. The molecule has 0 spiro atoms. The second kappa shape index (κ2) is 5.13. The molecule has 0 saturated carbocycles. The fraction of sp³-hybridized carbons (Fsp3) is 0.429. The normalized spacial score (nSPS) is 19.4. The second-order valence-corrected chi connectivity index (χ2v) is 4.78. The van der Waals surface area contributed by atoms with Gasteiger partial charge in [0.1, 0.15) is 5.52 Å². The van der Waals surface area contributed by atoms with Crippen molar-refractivity contribution in [3.8, 4) is 0 Å². The zero-order valence-electron chi connectivity index (χ0n) is 11.2. The summed E-state index contributed by atoms with van der Waals surface area (Å²) in [6.45, 7) is 4.05. The first kappa shape index (κ1) is 12.9. The Morgan fingerprint density at radius 2 is 2.40 bits per heavy atom. The van der Waals surface area contributed by atoms with Gasteiger partial charge in [-0.05, 0) is 18.6 Å². The van der Waals surface area contributed by atoms with Gasteiger partial charge in [-0.25, -0.2) is 4.79 Å². The molecule has 1 aromatic heterocycles. The zero-order chi connectivity index (χ0) is 14.1. The average Bonchev–Trinajstić information content (AvgIpc) is 2.90. The van der Waals surface area contributed by atoms with Crippen molar-refractivity contribution in [2.45, 2.75) is 19.4 Å². The highest BCUT2D eigenvalue weighted by atomic mass is 16.5. The fourth-order valence-corrected chi connectivity index (χ4v) is 2.48. The van der Waals surface area contributed by atoms with E-state index >= 15 is 0 Å². The average molecular weight is 276 g/mol. The Balaban J connectivity index is 2.04. The van der Waals surface area contributed by atoms with Crippen LogP contribution in [0.15, 0.2) is 22.6 Å². The van der Waals surface area contributed by atoms with E-state index in [-0.39, 0.29) is 11.6 Å². The Bertz CT molecular complexity index is 637. The smallest absolute Gasteiger partial charge is 0.338 e. The van der Waals surface area contributed by atoms with E-state index < -0.39 is 5.97 Å². The van der Waals surface area contributed by atoms with Crippen molar-refractivity contribution in [1.82, 2.24) is 4.98 Å². The Kier molecular flexibility index (Phi) is 3.31. The van der Waals surface area contributed by atoms with Crippen LogP contribution in [-0.2, 0) is 4.74 Å². The summed E-state index contributed by atoms with van der Waals surface area (Å²) < 4.78 is 11.2. The lowest BCUT2D eigenvalue weighted by atomic mass is 10.2. The second-order valence-electron chi connectivity index (χ2n) is 4.78. The number of oxazole rings is 1. The lowest BCUT2D eigenvalue weighted by molar-refractivity contribution is 0.0698. The van der Waals surface area contributed by atoms with E-state index in [0.29, 0.717) is 36.9 Å². The van der Waals surface area contributed by atoms with Crippen molar-refractivity contribution in [3.63, 3.8) is 0 Å². The van der Waals surface area contributed by atoms with Gasteiger partial charge in [0.05, 0.1) is 24.8 Å². The van der Waals surface area contributed by atoms with Gasteiger partial charge in [0.2, 0.25) is 0 Å². The standard InChI is InChI=1S/C14H16N2O4/c1-2-9-8-19-7-6-16(9)14-15-12-10(13(17)18)4-3-5-11(12)20-14/h3-5,9H,2,6-8H2,1H3,(H,17,18)/t9-/m1/s1. The van der Waals surface area contributed by atoms with Gasteiger partial charge >= 0.3 is 5.97 Å². The number of carbonyl (C=O) groups is 1. The summed E-state index contributed by atoms with van der Waals surface area (Å²) in [5.74, 6) is -0.996. The highest BCUT2D eigenvalue weighted by Crippen LogP contribution is 2.27. The van der Waals surface area contributed by atoms with Crippen LogP contribution < -0.4 is 4.90 Å². The van der Waals surface area contributed by atoms with Crippen LogP contribution in [0.3, 0.4) is 0 Å². The largest absolute Gasteiger partial charge is 0.478 e. The molecule has 2 heterocycles. The summed E-state index contributed by atoms with van der Waals surface area (Å²) in [5.41, 5.74) is 1.07. The number of carboxylic acids is 1. The van der Waals surface area contributed by atoms with Crippen LogP contribution in [0.1, 0.15) is 23.7 Å². The van der Waals surface area contributed by atoms with Gasteiger partial charge in [-0.3, -0.25) is 0 Å². The van der Waals surface area contributed by atoms with E-state index in [9.17, 15) is 9.90 Å². The quantitative estimate of drug-likeness (QED) is 0.925. The van der Waals surface area contributed by atoms with E-state index in [1.807, 2.05) is 0 Å². The van der Waals surface area contributed by atoms with E-state index in [0.717, 1.165) is 6.42 Å². The molecule has 0 bridgehead atoms. The minimum atomic E-state index is -0.996. The molecule has 0 radical (unpaired) electrons. The third-order valence-corrected chi connectivity index (χ3v) is 3.58. The van der Waals surface area contributed by atoms with Crippen molar-refractivity contribution in [1.29, 1.82) is 0 Å². The number of hydrogen-bond donors (Lipinski definition) is 1. The number of aromatic nitrogens is 1. The number of rotatable bonds is 3. The van der Waals surface area contributed by atoms with Crippen molar-refractivity contribution < 1.29 is 19.1 Å². The first-order valence-corrected chi connectivity index (χ1v) is 6.68. The Morgan fingerprint density at radius 3 is 3.15 bits per heavy atom. The molecular weight excluding hydrogens is 260 g/mol. The summed E-state index contributed by atoms with van der Waals surface area (Å²) in [5, 5.41) is 9.19. The molecule has 106 valence electrons. The molecule has 1 aromatic carbocycles. The van der Waals surface area contributed by atoms with Gasteiger partial charge in [-0.2, -0.15) is 4.98 Å². The lowest BCUT2D eigenvalue weighted by Crippen LogP contribution is -2.45. The number of morpholine rings is 1. The van der Waals surface area contributed by atoms with Gasteiger partial charge in [0.25, 0.3) is 6.01 Å². The lowest BCUT2D eigenvalue weighted by Gasteiger charge is -2.33. The summed E-state index contributed by atoms with van der Waals surface area (Å²) in [4.78, 5) is 17.6. The minimum Gasteiger partial charge on any atom is -0.478 e. The third kappa shape index (κ3) is 2.12. The predicted octanol–water partition coefficient (Wildman–Crippen LogP) is 2.14. The van der Waals surface area contributed by atoms with Gasteiger partial charge in [0, 0.05) is 6.54 Å². The van der Waals surface area contributed by atoms with Crippen molar-refractivity contribution in [2.75, 3.05) is 24.7 Å². The van der Waals surface area contributed by atoms with Crippen molar-refractivity contribution in [3.05, 3.63) is 23.8 Å². The van der Waals surface area contributed by atoms with Crippen LogP contribution in [0.5, 0.6) is 0 Å². The van der Waals surface area contributed by atoms with Crippen LogP contribution in [-0.4, -0.2) is 41.9 Å². The van der Waals surface area contributed by atoms with Crippen LogP contribution >= 0.6 is 0 Å². The Labute approximate surface area is 116 Å². The third-order valence-electron chi connectivity index (χ3n) is 3.58. The minimum absolute atomic E-state index is 0.166. The predicted molar refractivity (Wildman–Crippen MR) is 73.2 cm³/mol. The summed E-state index contributed by atoms with van der Waals surface area (Å²) in [7, 11) is 0. The van der Waals surface area contributed by atoms with Crippen molar-refractivity contribution >= 4 is 23.1 Å². The number of para-hydroxylation sites is 1. The number of aromatic carboxylic acids is 1. The number of benzene rings is 1. The molecule has 1 saturated heterocycles. The van der Waals surface area contributed by atoms with Gasteiger partial charge in [-0.15, -0.1) is 0 Å². The van der Waals surface area contributed by atoms with Crippen LogP contribution in [0.2, 0.25) is 0 Å². The number of anilines is 1. The first-order chi connectivity index (χ1) is 9.70. The van der Waals surface area contributed by atoms with Gasteiger partial charge in [0.15, 0.2) is 5.58 Å². The molecule has 0 aliphatic carbocycles. The monoisotopic (exact) mass is 276 g/mol. The molecule has 1 atom stereocenters. The maximum atomic E-state index is 11.2. The number of nitrogens with zero attached hydrogens (tertiary/aromatic N) is 2. The topological polar surface area (TPSA) is 75.8 Å². The zero-order valence-corrected chi connectivity index (χ0v) is 11.2. The molecule has 6 nitrogen and oxygen atoms in total. The molecule has 1 fully saturated rings. The number of fused-ring (bicyclic) bond motifs is 1. The maximum Gasteiger partial charge on any atom is 0.338 e. The van der Waals surface area contributed by atoms with Crippen LogP contribution in [0.25, 0.3) is 11.1 Å². The molecule has 3 rings (SSSR count). The fourth-order valence-electron chi connectivity index (χ4n) is 2.48. The summed E-state index contributed by atoms with van der Waals surface area (Å²) in [6, 6.07) is 5.62. The molecule has 0 unspecified atom stereocenters.